The van der Waals surface area contributed by atoms with Gasteiger partial charge in [0, 0.05) is 18.3 Å². The highest BCUT2D eigenvalue weighted by Crippen LogP contribution is 2.22. The fourth-order valence-electron chi connectivity index (χ4n) is 4.07. The predicted molar refractivity (Wildman–Crippen MR) is 104 cm³/mol. The van der Waals surface area contributed by atoms with Crippen molar-refractivity contribution >= 4 is 17.5 Å². The summed E-state index contributed by atoms with van der Waals surface area (Å²) in [5.41, 5.74) is 0.831. The van der Waals surface area contributed by atoms with Crippen molar-refractivity contribution in [2.75, 3.05) is 18.4 Å². The second kappa shape index (κ2) is 9.17. The zero-order valence-corrected chi connectivity index (χ0v) is 15.7. The molecule has 3 rings (SSSR count). The van der Waals surface area contributed by atoms with Crippen molar-refractivity contribution in [1.29, 1.82) is 0 Å². The number of anilines is 1. The fourth-order valence-corrected chi connectivity index (χ4v) is 4.07. The fraction of sp³-hybridized carbons (Fsp3) is 0.619. The van der Waals surface area contributed by atoms with Crippen LogP contribution in [0.5, 0.6) is 0 Å². The quantitative estimate of drug-likeness (QED) is 0.851. The van der Waals surface area contributed by atoms with Crippen molar-refractivity contribution in [1.82, 2.24) is 10.2 Å². The monoisotopic (exact) mass is 357 g/mol. The lowest BCUT2D eigenvalue weighted by Gasteiger charge is -2.36. The van der Waals surface area contributed by atoms with Gasteiger partial charge < -0.3 is 10.6 Å². The second-order valence-corrected chi connectivity index (χ2v) is 7.71. The van der Waals surface area contributed by atoms with Gasteiger partial charge >= 0.3 is 0 Å². The van der Waals surface area contributed by atoms with Gasteiger partial charge in [0.1, 0.15) is 0 Å². The lowest BCUT2D eigenvalue weighted by Crippen LogP contribution is -2.52. The summed E-state index contributed by atoms with van der Waals surface area (Å²) in [4.78, 5) is 27.4. The molecule has 2 aliphatic rings. The van der Waals surface area contributed by atoms with E-state index in [9.17, 15) is 9.59 Å². The van der Waals surface area contributed by atoms with E-state index in [0.29, 0.717) is 12.6 Å². The third-order valence-corrected chi connectivity index (χ3v) is 5.74. The largest absolute Gasteiger partial charge is 0.352 e. The van der Waals surface area contributed by atoms with Gasteiger partial charge in [0.25, 0.3) is 0 Å². The molecule has 0 spiro atoms. The van der Waals surface area contributed by atoms with E-state index in [1.807, 2.05) is 37.3 Å². The number of amides is 2. The molecule has 1 aliphatic heterocycles. The molecule has 2 atom stereocenters. The van der Waals surface area contributed by atoms with Crippen LogP contribution in [0.1, 0.15) is 51.9 Å². The van der Waals surface area contributed by atoms with Crippen LogP contribution in [-0.2, 0) is 9.59 Å². The van der Waals surface area contributed by atoms with Gasteiger partial charge in [-0.05, 0) is 51.3 Å². The number of benzene rings is 1. The van der Waals surface area contributed by atoms with Crippen LogP contribution in [0.3, 0.4) is 0 Å². The number of likely N-dealkylation sites (tertiary alicyclic amines) is 1. The smallest absolute Gasteiger partial charge is 0.237 e. The number of piperidine rings is 1. The van der Waals surface area contributed by atoms with Crippen molar-refractivity contribution in [2.45, 2.75) is 64.0 Å². The minimum absolute atomic E-state index is 0.0563. The summed E-state index contributed by atoms with van der Waals surface area (Å²) in [7, 11) is 0. The Morgan fingerprint density at radius 3 is 2.50 bits per heavy atom. The Morgan fingerprint density at radius 2 is 1.77 bits per heavy atom. The van der Waals surface area contributed by atoms with Gasteiger partial charge in [0.05, 0.1) is 12.0 Å². The molecule has 0 radical (unpaired) electrons. The normalized spacial score (nSPS) is 23.2. The average Bonchev–Trinajstić information content (AvgIpc) is 2.69. The van der Waals surface area contributed by atoms with E-state index in [0.717, 1.165) is 37.9 Å². The van der Waals surface area contributed by atoms with Gasteiger partial charge in [-0.1, -0.05) is 37.5 Å². The first-order chi connectivity index (χ1) is 12.6. The highest BCUT2D eigenvalue weighted by atomic mass is 16.2. The van der Waals surface area contributed by atoms with E-state index in [1.165, 1.54) is 19.3 Å². The van der Waals surface area contributed by atoms with Gasteiger partial charge in [-0.25, -0.2) is 0 Å². The summed E-state index contributed by atoms with van der Waals surface area (Å²) in [5.74, 6) is 0.107. The van der Waals surface area contributed by atoms with E-state index in [4.69, 9.17) is 0 Å². The van der Waals surface area contributed by atoms with Crippen molar-refractivity contribution in [3.8, 4) is 0 Å². The minimum atomic E-state index is -0.177. The summed E-state index contributed by atoms with van der Waals surface area (Å²) < 4.78 is 0. The number of para-hydroxylation sites is 1. The topological polar surface area (TPSA) is 61.4 Å². The highest BCUT2D eigenvalue weighted by molar-refractivity contribution is 5.92. The van der Waals surface area contributed by atoms with Crippen molar-refractivity contribution in [3.63, 3.8) is 0 Å². The van der Waals surface area contributed by atoms with Crippen LogP contribution in [-0.4, -0.2) is 41.9 Å². The molecule has 0 unspecified atom stereocenters. The third kappa shape index (κ3) is 5.07. The van der Waals surface area contributed by atoms with Crippen LogP contribution in [0.15, 0.2) is 30.3 Å². The number of hydrogen-bond acceptors (Lipinski definition) is 3. The highest BCUT2D eigenvalue weighted by Gasteiger charge is 2.31. The van der Waals surface area contributed by atoms with E-state index in [2.05, 4.69) is 15.5 Å². The molecule has 5 nitrogen and oxygen atoms in total. The number of rotatable bonds is 5. The Hall–Kier alpha value is -1.88. The van der Waals surface area contributed by atoms with Crippen LogP contribution < -0.4 is 10.6 Å². The third-order valence-electron chi connectivity index (χ3n) is 5.74. The maximum Gasteiger partial charge on any atom is 0.237 e. The molecular formula is C21H31N3O2. The first-order valence-electron chi connectivity index (χ1n) is 10.0. The van der Waals surface area contributed by atoms with Gasteiger partial charge in [-0.15, -0.1) is 0 Å². The van der Waals surface area contributed by atoms with E-state index in [1.54, 1.807) is 0 Å². The van der Waals surface area contributed by atoms with Crippen molar-refractivity contribution < 1.29 is 9.59 Å². The zero-order chi connectivity index (χ0) is 18.4. The Bertz CT molecular complexity index is 599. The molecule has 26 heavy (non-hydrogen) atoms. The van der Waals surface area contributed by atoms with E-state index < -0.39 is 0 Å². The van der Waals surface area contributed by atoms with Crippen LogP contribution in [0, 0.1) is 5.92 Å². The molecule has 1 aromatic rings. The van der Waals surface area contributed by atoms with Crippen LogP contribution in [0.4, 0.5) is 5.69 Å². The number of carbonyl (C=O) groups excluding carboxylic acids is 2. The predicted octanol–water partition coefficient (Wildman–Crippen LogP) is 3.17. The Labute approximate surface area is 156 Å². The number of nitrogens with one attached hydrogen (secondary N) is 2. The van der Waals surface area contributed by atoms with Gasteiger partial charge in [0.2, 0.25) is 11.8 Å². The first-order valence-corrected chi connectivity index (χ1v) is 10.0. The van der Waals surface area contributed by atoms with E-state index >= 15 is 0 Å². The van der Waals surface area contributed by atoms with Crippen LogP contribution >= 0.6 is 0 Å². The lowest BCUT2D eigenvalue weighted by molar-refractivity contribution is -0.129. The van der Waals surface area contributed by atoms with Gasteiger partial charge in [0.15, 0.2) is 0 Å². The summed E-state index contributed by atoms with van der Waals surface area (Å²) in [6.07, 6.45) is 7.74. The average molecular weight is 357 g/mol. The van der Waals surface area contributed by atoms with Gasteiger partial charge in [-0.2, -0.15) is 0 Å². The number of hydrogen-bond donors (Lipinski definition) is 2. The summed E-state index contributed by atoms with van der Waals surface area (Å²) in [6, 6.07) is 9.73. The molecule has 5 heteroatoms. The van der Waals surface area contributed by atoms with Crippen molar-refractivity contribution in [3.05, 3.63) is 30.3 Å². The van der Waals surface area contributed by atoms with Crippen LogP contribution in [0.2, 0.25) is 0 Å². The molecule has 1 aromatic carbocycles. The Morgan fingerprint density at radius 1 is 1.04 bits per heavy atom. The SMILES string of the molecule is C[C@@H](C(=O)NC1CCCCC1)N1CCC[C@H](C(=O)Nc2ccccc2)C1. The van der Waals surface area contributed by atoms with Crippen molar-refractivity contribution in [2.24, 2.45) is 5.92 Å². The molecule has 2 N–H and O–H groups in total. The second-order valence-electron chi connectivity index (χ2n) is 7.71. The standard InChI is InChI=1S/C21H31N3O2/c1-16(20(25)22-18-10-4-2-5-11-18)24-14-8-9-17(15-24)21(26)23-19-12-6-3-7-13-19/h3,6-7,12-13,16-18H,2,4-5,8-11,14-15H2,1H3,(H,22,25)(H,23,26)/t16-,17-/m0/s1. The summed E-state index contributed by atoms with van der Waals surface area (Å²) in [5, 5.41) is 6.22. The molecule has 1 saturated carbocycles. The Balaban J connectivity index is 1.51. The number of nitrogens with zero attached hydrogens (tertiary/aromatic N) is 1. The summed E-state index contributed by atoms with van der Waals surface area (Å²) in [6.45, 7) is 3.50. The zero-order valence-electron chi connectivity index (χ0n) is 15.7. The first kappa shape index (κ1) is 18.9. The molecule has 2 amide bonds. The molecular weight excluding hydrogens is 326 g/mol. The Kier molecular flexibility index (Phi) is 6.67. The molecule has 0 bridgehead atoms. The van der Waals surface area contributed by atoms with E-state index in [-0.39, 0.29) is 23.8 Å². The number of carbonyl (C=O) groups is 2. The molecule has 1 aliphatic carbocycles. The molecule has 1 saturated heterocycles. The molecule has 0 aromatic heterocycles. The lowest BCUT2D eigenvalue weighted by atomic mass is 9.94. The molecule has 1 heterocycles. The molecule has 2 fully saturated rings. The molecule has 142 valence electrons. The summed E-state index contributed by atoms with van der Waals surface area (Å²) >= 11 is 0. The van der Waals surface area contributed by atoms with Gasteiger partial charge in [-0.3, -0.25) is 14.5 Å². The van der Waals surface area contributed by atoms with Crippen LogP contribution in [0.25, 0.3) is 0 Å². The minimum Gasteiger partial charge on any atom is -0.352 e. The maximum atomic E-state index is 12.6. The maximum absolute atomic E-state index is 12.6.